The fourth-order valence-electron chi connectivity index (χ4n) is 3.13. The SMILES string of the molecule is Cc1nc([C@@H]2CCCN2C(=O)c2ccc(-n3nn[nH]c3=O)cc2)cs1. The number of thiazole rings is 1. The zero-order chi connectivity index (χ0) is 17.4. The van der Waals surface area contributed by atoms with Crippen molar-refractivity contribution < 1.29 is 4.79 Å². The van der Waals surface area contributed by atoms with Gasteiger partial charge in [-0.25, -0.2) is 14.9 Å². The van der Waals surface area contributed by atoms with Gasteiger partial charge in [0.25, 0.3) is 5.91 Å². The molecule has 0 bridgehead atoms. The molecule has 9 heteroatoms. The van der Waals surface area contributed by atoms with Gasteiger partial charge in [-0.3, -0.25) is 4.79 Å². The maximum atomic E-state index is 12.9. The van der Waals surface area contributed by atoms with Gasteiger partial charge in [-0.2, -0.15) is 4.68 Å². The molecule has 1 amide bonds. The zero-order valence-electron chi connectivity index (χ0n) is 13.5. The Morgan fingerprint density at radius 3 is 2.76 bits per heavy atom. The van der Waals surface area contributed by atoms with Crippen molar-refractivity contribution in [3.8, 4) is 5.69 Å². The summed E-state index contributed by atoms with van der Waals surface area (Å²) in [6.07, 6.45) is 1.90. The Labute approximate surface area is 147 Å². The molecular formula is C16H16N6O2S. The molecule has 1 aromatic carbocycles. The van der Waals surface area contributed by atoms with Gasteiger partial charge < -0.3 is 4.90 Å². The monoisotopic (exact) mass is 356 g/mol. The number of H-pyrrole nitrogens is 1. The maximum absolute atomic E-state index is 12.9. The number of hydrogen-bond donors (Lipinski definition) is 1. The van der Waals surface area contributed by atoms with E-state index in [1.54, 1.807) is 35.6 Å². The highest BCUT2D eigenvalue weighted by atomic mass is 32.1. The number of aromatic nitrogens is 5. The molecule has 8 nitrogen and oxygen atoms in total. The van der Waals surface area contributed by atoms with Crippen molar-refractivity contribution in [3.63, 3.8) is 0 Å². The van der Waals surface area contributed by atoms with Gasteiger partial charge in [0, 0.05) is 17.5 Å². The molecule has 0 unspecified atom stereocenters. The second-order valence-electron chi connectivity index (χ2n) is 5.91. The van der Waals surface area contributed by atoms with Crippen LogP contribution in [0.15, 0.2) is 34.4 Å². The smallest absolute Gasteiger partial charge is 0.330 e. The number of carbonyl (C=O) groups is 1. The Morgan fingerprint density at radius 1 is 1.32 bits per heavy atom. The van der Waals surface area contributed by atoms with Crippen molar-refractivity contribution in [2.24, 2.45) is 0 Å². The molecule has 128 valence electrons. The molecule has 0 saturated carbocycles. The Balaban J connectivity index is 1.58. The van der Waals surface area contributed by atoms with Gasteiger partial charge in [0.05, 0.1) is 22.4 Å². The van der Waals surface area contributed by atoms with Crippen LogP contribution in [0.25, 0.3) is 5.69 Å². The highest BCUT2D eigenvalue weighted by Crippen LogP contribution is 2.33. The lowest BCUT2D eigenvalue weighted by atomic mass is 10.1. The third-order valence-corrected chi connectivity index (χ3v) is 5.11. The third-order valence-electron chi connectivity index (χ3n) is 4.32. The quantitative estimate of drug-likeness (QED) is 0.770. The Hall–Kier alpha value is -2.81. The summed E-state index contributed by atoms with van der Waals surface area (Å²) < 4.78 is 1.14. The zero-order valence-corrected chi connectivity index (χ0v) is 14.4. The summed E-state index contributed by atoms with van der Waals surface area (Å²) in [6.45, 7) is 2.70. The van der Waals surface area contributed by atoms with Crippen LogP contribution < -0.4 is 5.69 Å². The highest BCUT2D eigenvalue weighted by molar-refractivity contribution is 7.09. The van der Waals surface area contributed by atoms with Crippen molar-refractivity contribution in [2.45, 2.75) is 25.8 Å². The number of hydrogen-bond acceptors (Lipinski definition) is 6. The molecule has 4 rings (SSSR count). The van der Waals surface area contributed by atoms with Crippen molar-refractivity contribution in [1.29, 1.82) is 0 Å². The Bertz CT molecular complexity index is 957. The average Bonchev–Trinajstić information content (AvgIpc) is 3.34. The second kappa shape index (κ2) is 6.25. The topological polar surface area (TPSA) is 96.8 Å². The molecule has 0 spiro atoms. The number of aryl methyl sites for hydroxylation is 1. The second-order valence-corrected chi connectivity index (χ2v) is 6.98. The maximum Gasteiger partial charge on any atom is 0.365 e. The van der Waals surface area contributed by atoms with E-state index in [1.807, 2.05) is 17.2 Å². The fourth-order valence-corrected chi connectivity index (χ4v) is 3.79. The lowest BCUT2D eigenvalue weighted by Gasteiger charge is -2.23. The van der Waals surface area contributed by atoms with Crippen LogP contribution in [0.1, 0.15) is 39.9 Å². The molecule has 0 aliphatic carbocycles. The van der Waals surface area contributed by atoms with Gasteiger partial charge in [-0.15, -0.1) is 11.3 Å². The van der Waals surface area contributed by atoms with Gasteiger partial charge in [-0.05, 0) is 54.5 Å². The number of rotatable bonds is 3. The first kappa shape index (κ1) is 15.7. The van der Waals surface area contributed by atoms with Crippen LogP contribution in [0.2, 0.25) is 0 Å². The number of carbonyl (C=O) groups excluding carboxylic acids is 1. The predicted molar refractivity (Wildman–Crippen MR) is 91.8 cm³/mol. The molecule has 1 N–H and O–H groups in total. The van der Waals surface area contributed by atoms with Crippen molar-refractivity contribution >= 4 is 17.2 Å². The number of amides is 1. The summed E-state index contributed by atoms with van der Waals surface area (Å²) in [4.78, 5) is 30.9. The van der Waals surface area contributed by atoms with E-state index in [-0.39, 0.29) is 11.9 Å². The lowest BCUT2D eigenvalue weighted by Crippen LogP contribution is -2.30. The minimum Gasteiger partial charge on any atom is -0.330 e. The standard InChI is InChI=1S/C16H16N6O2S/c1-10-17-13(9-25-10)14-3-2-8-21(14)15(23)11-4-6-12(7-5-11)22-16(24)18-19-20-22/h4-7,9,14H,2-3,8H2,1H3,(H,18,20,24)/t14-/m0/s1. The lowest BCUT2D eigenvalue weighted by molar-refractivity contribution is 0.0733. The van der Waals surface area contributed by atoms with Crippen molar-refractivity contribution in [2.75, 3.05) is 6.54 Å². The minimum absolute atomic E-state index is 0.0211. The normalized spacial score (nSPS) is 17.2. The van der Waals surface area contributed by atoms with Gasteiger partial charge in [-0.1, -0.05) is 0 Å². The third kappa shape index (κ3) is 2.86. The molecule has 25 heavy (non-hydrogen) atoms. The van der Waals surface area contributed by atoms with Gasteiger partial charge in [0.2, 0.25) is 0 Å². The predicted octanol–water partition coefficient (Wildman–Crippen LogP) is 1.70. The van der Waals surface area contributed by atoms with Crippen LogP contribution in [0.5, 0.6) is 0 Å². The minimum atomic E-state index is -0.419. The van der Waals surface area contributed by atoms with Crippen molar-refractivity contribution in [3.05, 3.63) is 56.4 Å². The number of nitrogens with one attached hydrogen (secondary N) is 1. The first-order valence-electron chi connectivity index (χ1n) is 7.97. The largest absolute Gasteiger partial charge is 0.365 e. The highest BCUT2D eigenvalue weighted by Gasteiger charge is 2.32. The number of likely N-dealkylation sites (tertiary alicyclic amines) is 1. The summed E-state index contributed by atoms with van der Waals surface area (Å²) in [5.74, 6) is -0.0211. The summed E-state index contributed by atoms with van der Waals surface area (Å²) in [5, 5.41) is 12.4. The first-order chi connectivity index (χ1) is 12.1. The van der Waals surface area contributed by atoms with E-state index in [0.717, 1.165) is 34.8 Å². The van der Waals surface area contributed by atoms with E-state index in [1.165, 1.54) is 0 Å². The van der Waals surface area contributed by atoms with Crippen LogP contribution in [-0.4, -0.2) is 42.5 Å². The average molecular weight is 356 g/mol. The Kier molecular flexibility index (Phi) is 3.92. The van der Waals surface area contributed by atoms with Crippen LogP contribution in [-0.2, 0) is 0 Å². The molecule has 1 fully saturated rings. The van der Waals surface area contributed by atoms with E-state index < -0.39 is 5.69 Å². The molecule has 1 aliphatic rings. The van der Waals surface area contributed by atoms with Crippen LogP contribution in [0.3, 0.4) is 0 Å². The first-order valence-corrected chi connectivity index (χ1v) is 8.85. The molecule has 3 aromatic rings. The van der Waals surface area contributed by atoms with E-state index in [0.29, 0.717) is 11.3 Å². The van der Waals surface area contributed by atoms with Crippen LogP contribution in [0, 0.1) is 6.92 Å². The molecule has 1 aliphatic heterocycles. The van der Waals surface area contributed by atoms with Gasteiger partial charge in [0.15, 0.2) is 0 Å². The van der Waals surface area contributed by atoms with Gasteiger partial charge in [0.1, 0.15) is 0 Å². The summed E-state index contributed by atoms with van der Waals surface area (Å²) in [7, 11) is 0. The molecule has 1 saturated heterocycles. The van der Waals surface area contributed by atoms with E-state index in [4.69, 9.17) is 0 Å². The number of nitrogens with zero attached hydrogens (tertiary/aromatic N) is 5. The number of tetrazole rings is 1. The summed E-state index contributed by atoms with van der Waals surface area (Å²) in [5.41, 5.74) is 1.69. The molecular weight excluding hydrogens is 340 g/mol. The van der Waals surface area contributed by atoms with E-state index >= 15 is 0 Å². The summed E-state index contributed by atoms with van der Waals surface area (Å²) >= 11 is 1.61. The molecule has 2 aromatic heterocycles. The molecule has 0 radical (unpaired) electrons. The van der Waals surface area contributed by atoms with Crippen LogP contribution in [0.4, 0.5) is 0 Å². The van der Waals surface area contributed by atoms with E-state index in [2.05, 4.69) is 20.5 Å². The van der Waals surface area contributed by atoms with Gasteiger partial charge >= 0.3 is 5.69 Å². The number of aromatic amines is 1. The molecule has 1 atom stereocenters. The number of benzene rings is 1. The van der Waals surface area contributed by atoms with Crippen molar-refractivity contribution in [1.82, 2.24) is 30.1 Å². The van der Waals surface area contributed by atoms with E-state index in [9.17, 15) is 9.59 Å². The Morgan fingerprint density at radius 2 is 2.12 bits per heavy atom. The summed E-state index contributed by atoms with van der Waals surface area (Å²) in [6, 6.07) is 6.83. The fraction of sp³-hybridized carbons (Fsp3) is 0.312. The van der Waals surface area contributed by atoms with Crippen LogP contribution >= 0.6 is 11.3 Å². The molecule has 3 heterocycles.